The molecule has 6 nitrogen and oxygen atoms in total. The van der Waals surface area contributed by atoms with Crippen molar-refractivity contribution in [2.24, 2.45) is 0 Å². The lowest BCUT2D eigenvalue weighted by atomic mass is 10.2. The number of aryl methyl sites for hydroxylation is 1. The van der Waals surface area contributed by atoms with Crippen LogP contribution in [0.5, 0.6) is 0 Å². The lowest BCUT2D eigenvalue weighted by molar-refractivity contribution is 0.102. The Morgan fingerprint density at radius 3 is 2.39 bits per heavy atom. The van der Waals surface area contributed by atoms with Crippen LogP contribution in [0.25, 0.3) is 0 Å². The van der Waals surface area contributed by atoms with Crippen LogP contribution < -0.4 is 10.0 Å². The van der Waals surface area contributed by atoms with Crippen molar-refractivity contribution < 1.29 is 17.6 Å². The molecular weight excluding hydrogens is 405 g/mol. The Labute approximate surface area is 166 Å². The van der Waals surface area contributed by atoms with Gasteiger partial charge < -0.3 is 5.32 Å². The molecule has 0 atom stereocenters. The highest BCUT2D eigenvalue weighted by molar-refractivity contribution is 7.92. The third-order valence-electron chi connectivity index (χ3n) is 3.75. The molecule has 2 aromatic carbocycles. The molecule has 0 aliphatic carbocycles. The fourth-order valence-corrected chi connectivity index (χ4v) is 3.61. The van der Waals surface area contributed by atoms with Crippen LogP contribution in [-0.2, 0) is 10.0 Å². The van der Waals surface area contributed by atoms with Gasteiger partial charge in [-0.15, -0.1) is 0 Å². The second-order valence-electron chi connectivity index (χ2n) is 5.93. The van der Waals surface area contributed by atoms with E-state index in [9.17, 15) is 17.6 Å². The number of carbonyl (C=O) groups is 1. The molecule has 0 unspecified atom stereocenters. The number of sulfonamides is 1. The van der Waals surface area contributed by atoms with Gasteiger partial charge in [0.1, 0.15) is 11.6 Å². The molecular formula is C19H15ClFN3O3S. The van der Waals surface area contributed by atoms with Crippen LogP contribution in [0.1, 0.15) is 15.9 Å². The average Bonchev–Trinajstić information content (AvgIpc) is 2.66. The second kappa shape index (κ2) is 7.95. The normalized spacial score (nSPS) is 11.1. The van der Waals surface area contributed by atoms with Crippen LogP contribution in [0.15, 0.2) is 65.7 Å². The molecule has 0 aliphatic rings. The Morgan fingerprint density at radius 1 is 1.07 bits per heavy atom. The largest absolute Gasteiger partial charge is 0.307 e. The molecule has 0 saturated heterocycles. The highest BCUT2D eigenvalue weighted by Crippen LogP contribution is 2.22. The molecule has 0 aliphatic heterocycles. The summed E-state index contributed by atoms with van der Waals surface area (Å²) < 4.78 is 40.3. The topological polar surface area (TPSA) is 88.2 Å². The van der Waals surface area contributed by atoms with E-state index >= 15 is 0 Å². The molecule has 0 saturated carbocycles. The van der Waals surface area contributed by atoms with Gasteiger partial charge in [0.2, 0.25) is 0 Å². The smallest absolute Gasteiger partial charge is 0.261 e. The van der Waals surface area contributed by atoms with E-state index in [1.165, 1.54) is 24.3 Å². The Bertz CT molecular complexity index is 1120. The molecule has 0 radical (unpaired) electrons. The Balaban J connectivity index is 1.72. The summed E-state index contributed by atoms with van der Waals surface area (Å²) in [5, 5.41) is 2.36. The fourth-order valence-electron chi connectivity index (χ4n) is 2.28. The van der Waals surface area contributed by atoms with Gasteiger partial charge in [-0.3, -0.25) is 9.52 Å². The van der Waals surface area contributed by atoms with Crippen molar-refractivity contribution in [3.8, 4) is 0 Å². The van der Waals surface area contributed by atoms with Crippen LogP contribution in [-0.4, -0.2) is 19.3 Å². The van der Waals surface area contributed by atoms with Crippen molar-refractivity contribution in [2.45, 2.75) is 11.8 Å². The van der Waals surface area contributed by atoms with Crippen molar-refractivity contribution in [3.63, 3.8) is 0 Å². The molecule has 1 heterocycles. The highest BCUT2D eigenvalue weighted by atomic mass is 35.5. The van der Waals surface area contributed by atoms with Gasteiger partial charge in [-0.25, -0.2) is 17.8 Å². The number of anilines is 2. The monoisotopic (exact) mass is 419 g/mol. The lowest BCUT2D eigenvalue weighted by Gasteiger charge is -2.10. The first-order chi connectivity index (χ1) is 13.2. The number of hydrogen-bond donors (Lipinski definition) is 2. The van der Waals surface area contributed by atoms with Crippen LogP contribution in [0.3, 0.4) is 0 Å². The van der Waals surface area contributed by atoms with Crippen molar-refractivity contribution in [1.82, 2.24) is 4.98 Å². The van der Waals surface area contributed by atoms with E-state index in [4.69, 9.17) is 11.6 Å². The van der Waals surface area contributed by atoms with Gasteiger partial charge in [-0.1, -0.05) is 17.7 Å². The minimum Gasteiger partial charge on any atom is -0.307 e. The first-order valence-electron chi connectivity index (χ1n) is 8.06. The molecule has 0 bridgehead atoms. The van der Waals surface area contributed by atoms with Gasteiger partial charge in [0.15, 0.2) is 0 Å². The van der Waals surface area contributed by atoms with Gasteiger partial charge >= 0.3 is 0 Å². The maximum atomic E-state index is 13.2. The summed E-state index contributed by atoms with van der Waals surface area (Å²) in [7, 11) is -3.95. The Hall–Kier alpha value is -2.97. The zero-order valence-corrected chi connectivity index (χ0v) is 16.2. The zero-order chi connectivity index (χ0) is 20.3. The van der Waals surface area contributed by atoms with Gasteiger partial charge in [-0.2, -0.15) is 0 Å². The summed E-state index contributed by atoms with van der Waals surface area (Å²) in [6.45, 7) is 1.89. The van der Waals surface area contributed by atoms with Gasteiger partial charge in [0.25, 0.3) is 15.9 Å². The molecule has 1 amide bonds. The summed E-state index contributed by atoms with van der Waals surface area (Å²) in [4.78, 5) is 16.2. The fraction of sp³-hybridized carbons (Fsp3) is 0.0526. The quantitative estimate of drug-likeness (QED) is 0.647. The number of nitrogens with zero attached hydrogens (tertiary/aromatic N) is 1. The Morgan fingerprint density at radius 2 is 1.79 bits per heavy atom. The maximum absolute atomic E-state index is 13.2. The number of hydrogen-bond acceptors (Lipinski definition) is 4. The molecule has 3 aromatic rings. The van der Waals surface area contributed by atoms with E-state index in [1.54, 1.807) is 12.3 Å². The van der Waals surface area contributed by atoms with Gasteiger partial charge in [-0.05, 0) is 61.0 Å². The van der Waals surface area contributed by atoms with Crippen molar-refractivity contribution in [1.29, 1.82) is 0 Å². The molecule has 0 fully saturated rings. The number of halogens is 2. The highest BCUT2D eigenvalue weighted by Gasteiger charge is 2.16. The van der Waals surface area contributed by atoms with Gasteiger partial charge in [0, 0.05) is 17.4 Å². The maximum Gasteiger partial charge on any atom is 0.261 e. The van der Waals surface area contributed by atoms with E-state index in [0.29, 0.717) is 11.4 Å². The number of aromatic nitrogens is 1. The predicted octanol–water partition coefficient (Wildman–Crippen LogP) is 4.24. The minimum absolute atomic E-state index is 0.175. The lowest BCUT2D eigenvalue weighted by Crippen LogP contribution is -2.14. The van der Waals surface area contributed by atoms with Crippen molar-refractivity contribution in [2.75, 3.05) is 10.0 Å². The molecule has 9 heteroatoms. The predicted molar refractivity (Wildman–Crippen MR) is 106 cm³/mol. The SMILES string of the molecule is Cc1ccc(NC(=O)c2ccc(NS(=O)(=O)c3ccc(F)c(Cl)c3)cc2)nc1. The standard InChI is InChI=1S/C19H15ClFN3O3S/c1-12-2-9-18(22-11-12)23-19(25)13-3-5-14(6-4-13)24-28(26,27)15-7-8-17(21)16(20)10-15/h2-11,24H,1H3,(H,22,23,25). The molecule has 2 N–H and O–H groups in total. The zero-order valence-electron chi connectivity index (χ0n) is 14.6. The van der Waals surface area contributed by atoms with Crippen molar-refractivity contribution in [3.05, 3.63) is 82.8 Å². The van der Waals surface area contributed by atoms with E-state index in [2.05, 4.69) is 15.0 Å². The minimum atomic E-state index is -3.95. The summed E-state index contributed by atoms with van der Waals surface area (Å²) in [6.07, 6.45) is 1.63. The van der Waals surface area contributed by atoms with E-state index in [-0.39, 0.29) is 21.5 Å². The van der Waals surface area contributed by atoms with E-state index < -0.39 is 15.8 Å². The summed E-state index contributed by atoms with van der Waals surface area (Å²) in [6, 6.07) is 12.4. The molecule has 28 heavy (non-hydrogen) atoms. The number of benzene rings is 2. The molecule has 144 valence electrons. The number of pyridine rings is 1. The molecule has 1 aromatic heterocycles. The number of amides is 1. The summed E-state index contributed by atoms with van der Waals surface area (Å²) in [5.41, 5.74) is 1.54. The van der Waals surface area contributed by atoms with Crippen LogP contribution >= 0.6 is 11.6 Å². The summed E-state index contributed by atoms with van der Waals surface area (Å²) >= 11 is 5.64. The molecule has 0 spiro atoms. The third-order valence-corrected chi connectivity index (χ3v) is 5.42. The first kappa shape index (κ1) is 19.8. The van der Waals surface area contributed by atoms with E-state index in [1.807, 2.05) is 13.0 Å². The van der Waals surface area contributed by atoms with Crippen LogP contribution in [0.2, 0.25) is 5.02 Å². The third kappa shape index (κ3) is 4.65. The average molecular weight is 420 g/mol. The Kier molecular flexibility index (Phi) is 5.62. The second-order valence-corrected chi connectivity index (χ2v) is 8.02. The van der Waals surface area contributed by atoms with Crippen LogP contribution in [0.4, 0.5) is 15.9 Å². The summed E-state index contributed by atoms with van der Waals surface area (Å²) in [5.74, 6) is -0.677. The van der Waals surface area contributed by atoms with E-state index in [0.717, 1.165) is 23.8 Å². The van der Waals surface area contributed by atoms with Crippen molar-refractivity contribution >= 4 is 39.0 Å². The number of nitrogens with one attached hydrogen (secondary N) is 2. The number of rotatable bonds is 5. The molecule has 3 rings (SSSR count). The first-order valence-corrected chi connectivity index (χ1v) is 9.93. The van der Waals surface area contributed by atoms with Gasteiger partial charge in [0.05, 0.1) is 9.92 Å². The number of carbonyl (C=O) groups excluding carboxylic acids is 1. The van der Waals surface area contributed by atoms with Crippen LogP contribution in [0, 0.1) is 12.7 Å².